The fourth-order valence-electron chi connectivity index (χ4n) is 2.38. The fourth-order valence-corrected chi connectivity index (χ4v) is 2.38. The smallest absolute Gasteiger partial charge is 0.254 e. The van der Waals surface area contributed by atoms with Gasteiger partial charge in [0.05, 0.1) is 19.3 Å². The van der Waals surface area contributed by atoms with Crippen molar-refractivity contribution in [3.8, 4) is 0 Å². The molecule has 19 heavy (non-hydrogen) atoms. The number of nitrogens with one attached hydrogen (secondary N) is 1. The van der Waals surface area contributed by atoms with Crippen LogP contribution in [0, 0.1) is 0 Å². The lowest BCUT2D eigenvalue weighted by atomic mass is 10.1. The van der Waals surface area contributed by atoms with Crippen LogP contribution < -0.4 is 5.32 Å². The van der Waals surface area contributed by atoms with Crippen molar-refractivity contribution in [3.63, 3.8) is 0 Å². The summed E-state index contributed by atoms with van der Waals surface area (Å²) in [5.41, 5.74) is 2.02. The average Bonchev–Trinajstić information content (AvgIpc) is 2.47. The van der Waals surface area contributed by atoms with Crippen molar-refractivity contribution >= 4 is 5.91 Å². The van der Waals surface area contributed by atoms with Gasteiger partial charge in [0, 0.05) is 18.7 Å². The third kappa shape index (κ3) is 3.33. The number of ether oxygens (including phenoxy) is 1. The van der Waals surface area contributed by atoms with E-state index in [2.05, 4.69) is 12.2 Å². The Morgan fingerprint density at radius 1 is 1.42 bits per heavy atom. The van der Waals surface area contributed by atoms with Crippen LogP contribution >= 0.6 is 0 Å². The summed E-state index contributed by atoms with van der Waals surface area (Å²) in [6.45, 7) is 4.78. The van der Waals surface area contributed by atoms with Gasteiger partial charge in [-0.2, -0.15) is 0 Å². The number of carbonyl (C=O) groups is 1. The van der Waals surface area contributed by atoms with E-state index in [0.717, 1.165) is 18.5 Å². The second-order valence-corrected chi connectivity index (χ2v) is 4.84. The van der Waals surface area contributed by atoms with Crippen molar-refractivity contribution in [2.24, 2.45) is 0 Å². The van der Waals surface area contributed by atoms with Crippen LogP contribution in [-0.4, -0.2) is 50.2 Å². The molecule has 0 saturated carbocycles. The van der Waals surface area contributed by atoms with Crippen LogP contribution in [0.4, 0.5) is 0 Å². The highest BCUT2D eigenvalue weighted by Gasteiger charge is 2.27. The summed E-state index contributed by atoms with van der Waals surface area (Å²) < 4.78 is 5.45. The zero-order valence-electron chi connectivity index (χ0n) is 11.7. The molecule has 1 unspecified atom stereocenters. The van der Waals surface area contributed by atoms with Gasteiger partial charge in [0.1, 0.15) is 0 Å². The zero-order valence-corrected chi connectivity index (χ0v) is 11.7. The molecular formula is C15H22N2O2. The van der Waals surface area contributed by atoms with Crippen molar-refractivity contribution in [2.45, 2.75) is 19.4 Å². The molecule has 0 bridgehead atoms. The first-order valence-electron chi connectivity index (χ1n) is 6.88. The molecule has 4 heteroatoms. The molecule has 1 aliphatic heterocycles. The SMILES string of the molecule is CCc1ccc(C(=O)N2CCOCC2CNC)cc1. The second kappa shape index (κ2) is 6.68. The maximum atomic E-state index is 12.5. The minimum absolute atomic E-state index is 0.103. The minimum atomic E-state index is 0.103. The predicted molar refractivity (Wildman–Crippen MR) is 75.4 cm³/mol. The first-order chi connectivity index (χ1) is 9.26. The summed E-state index contributed by atoms with van der Waals surface area (Å²) in [4.78, 5) is 14.4. The van der Waals surface area contributed by atoms with Gasteiger partial charge in [-0.15, -0.1) is 0 Å². The standard InChI is InChI=1S/C15H22N2O2/c1-3-12-4-6-13(7-5-12)15(18)17-8-9-19-11-14(17)10-16-2/h4-7,14,16H,3,8-11H2,1-2H3. The summed E-state index contributed by atoms with van der Waals surface area (Å²) in [5.74, 6) is 0.103. The van der Waals surface area contributed by atoms with Gasteiger partial charge in [-0.05, 0) is 31.2 Å². The van der Waals surface area contributed by atoms with Crippen molar-refractivity contribution in [3.05, 3.63) is 35.4 Å². The Labute approximate surface area is 114 Å². The van der Waals surface area contributed by atoms with Gasteiger partial charge < -0.3 is 15.0 Å². The number of hydrogen-bond acceptors (Lipinski definition) is 3. The van der Waals surface area contributed by atoms with Gasteiger partial charge in [0.25, 0.3) is 5.91 Å². The molecule has 1 saturated heterocycles. The van der Waals surface area contributed by atoms with Crippen LogP contribution in [0.5, 0.6) is 0 Å². The van der Waals surface area contributed by atoms with Crippen molar-refractivity contribution in [1.82, 2.24) is 10.2 Å². The number of amides is 1. The van der Waals surface area contributed by atoms with E-state index in [1.54, 1.807) is 0 Å². The summed E-state index contributed by atoms with van der Waals surface area (Å²) in [5, 5.41) is 3.12. The number of aryl methyl sites for hydroxylation is 1. The van der Waals surface area contributed by atoms with Crippen molar-refractivity contribution < 1.29 is 9.53 Å². The molecule has 1 N–H and O–H groups in total. The maximum Gasteiger partial charge on any atom is 0.254 e. The average molecular weight is 262 g/mol. The third-order valence-corrected chi connectivity index (χ3v) is 3.54. The Morgan fingerprint density at radius 3 is 2.79 bits per heavy atom. The molecule has 1 heterocycles. The summed E-state index contributed by atoms with van der Waals surface area (Å²) in [6.07, 6.45) is 0.994. The van der Waals surface area contributed by atoms with Gasteiger partial charge in [-0.1, -0.05) is 19.1 Å². The largest absolute Gasteiger partial charge is 0.377 e. The topological polar surface area (TPSA) is 41.6 Å². The van der Waals surface area contributed by atoms with Gasteiger partial charge in [0.2, 0.25) is 0 Å². The molecule has 0 spiro atoms. The molecule has 1 atom stereocenters. The van der Waals surface area contributed by atoms with Crippen LogP contribution in [0.3, 0.4) is 0 Å². The molecule has 4 nitrogen and oxygen atoms in total. The first kappa shape index (κ1) is 14.0. The summed E-state index contributed by atoms with van der Waals surface area (Å²) in [6, 6.07) is 8.03. The second-order valence-electron chi connectivity index (χ2n) is 4.84. The van der Waals surface area contributed by atoms with Gasteiger partial charge in [-0.25, -0.2) is 0 Å². The lowest BCUT2D eigenvalue weighted by Crippen LogP contribution is -2.52. The molecule has 0 radical (unpaired) electrons. The third-order valence-electron chi connectivity index (χ3n) is 3.54. The van der Waals surface area contributed by atoms with E-state index in [1.807, 2.05) is 36.2 Å². The zero-order chi connectivity index (χ0) is 13.7. The molecule has 2 rings (SSSR count). The van der Waals surface area contributed by atoms with E-state index in [1.165, 1.54) is 5.56 Å². The molecule has 0 aliphatic carbocycles. The predicted octanol–water partition coefficient (Wildman–Crippen LogP) is 1.31. The van der Waals surface area contributed by atoms with Gasteiger partial charge >= 0.3 is 0 Å². The highest BCUT2D eigenvalue weighted by Crippen LogP contribution is 2.13. The highest BCUT2D eigenvalue weighted by atomic mass is 16.5. The molecule has 1 fully saturated rings. The number of hydrogen-bond donors (Lipinski definition) is 1. The van der Waals surface area contributed by atoms with E-state index < -0.39 is 0 Å². The van der Waals surface area contributed by atoms with E-state index in [-0.39, 0.29) is 11.9 Å². The molecule has 1 aliphatic rings. The Bertz CT molecular complexity index is 415. The number of rotatable bonds is 4. The minimum Gasteiger partial charge on any atom is -0.377 e. The number of carbonyl (C=O) groups excluding carboxylic acids is 1. The summed E-state index contributed by atoms with van der Waals surface area (Å²) in [7, 11) is 1.90. The van der Waals surface area contributed by atoms with Crippen LogP contribution in [0.15, 0.2) is 24.3 Å². The van der Waals surface area contributed by atoms with E-state index >= 15 is 0 Å². The number of likely N-dealkylation sites (N-methyl/N-ethyl adjacent to an activating group) is 1. The fraction of sp³-hybridized carbons (Fsp3) is 0.533. The van der Waals surface area contributed by atoms with Crippen LogP contribution in [0.25, 0.3) is 0 Å². The molecule has 1 amide bonds. The Balaban J connectivity index is 2.11. The molecule has 1 aromatic carbocycles. The lowest BCUT2D eigenvalue weighted by molar-refractivity contribution is -0.000975. The normalized spacial score (nSPS) is 19.5. The van der Waals surface area contributed by atoms with Gasteiger partial charge in [0.15, 0.2) is 0 Å². The molecule has 0 aromatic heterocycles. The lowest BCUT2D eigenvalue weighted by Gasteiger charge is -2.35. The quantitative estimate of drug-likeness (QED) is 0.889. The molecule has 104 valence electrons. The van der Waals surface area contributed by atoms with Crippen molar-refractivity contribution in [1.29, 1.82) is 0 Å². The highest BCUT2D eigenvalue weighted by molar-refractivity contribution is 5.94. The molecular weight excluding hydrogens is 240 g/mol. The summed E-state index contributed by atoms with van der Waals surface area (Å²) >= 11 is 0. The van der Waals surface area contributed by atoms with Crippen molar-refractivity contribution in [2.75, 3.05) is 33.4 Å². The van der Waals surface area contributed by atoms with Crippen LogP contribution in [0.2, 0.25) is 0 Å². The van der Waals surface area contributed by atoms with Crippen LogP contribution in [-0.2, 0) is 11.2 Å². The van der Waals surface area contributed by atoms with E-state index in [0.29, 0.717) is 19.8 Å². The molecule has 1 aromatic rings. The number of morpholine rings is 1. The Morgan fingerprint density at radius 2 is 2.16 bits per heavy atom. The van der Waals surface area contributed by atoms with Gasteiger partial charge in [-0.3, -0.25) is 4.79 Å². The Kier molecular flexibility index (Phi) is 4.93. The first-order valence-corrected chi connectivity index (χ1v) is 6.88. The maximum absolute atomic E-state index is 12.5. The van der Waals surface area contributed by atoms with Crippen LogP contribution in [0.1, 0.15) is 22.8 Å². The Hall–Kier alpha value is -1.39. The van der Waals surface area contributed by atoms with E-state index in [4.69, 9.17) is 4.74 Å². The number of nitrogens with zero attached hydrogens (tertiary/aromatic N) is 1. The monoisotopic (exact) mass is 262 g/mol. The number of benzene rings is 1. The van der Waals surface area contributed by atoms with E-state index in [9.17, 15) is 4.79 Å².